The number of rotatable bonds is 6. The molecule has 0 aromatic carbocycles. The third kappa shape index (κ3) is 2.97. The quantitative estimate of drug-likeness (QED) is 0.813. The maximum Gasteiger partial charge on any atom is 0.0767 e. The van der Waals surface area contributed by atoms with Gasteiger partial charge in [0.05, 0.1) is 6.04 Å². The minimum absolute atomic E-state index is 0.393. The highest BCUT2D eigenvalue weighted by molar-refractivity contribution is 7.11. The summed E-state index contributed by atoms with van der Waals surface area (Å²) < 4.78 is 0. The second-order valence-electron chi connectivity index (χ2n) is 4.07. The lowest BCUT2D eigenvalue weighted by molar-refractivity contribution is 0.610. The number of hydrogen-bond donors (Lipinski definition) is 1. The first-order valence-corrected chi connectivity index (χ1v) is 7.95. The molecule has 0 saturated carbocycles. The van der Waals surface area contributed by atoms with Crippen molar-refractivity contribution in [3.8, 4) is 0 Å². The van der Waals surface area contributed by atoms with E-state index in [2.05, 4.69) is 48.1 Å². The van der Waals surface area contributed by atoms with E-state index in [1.165, 1.54) is 21.7 Å². The Morgan fingerprint density at radius 1 is 1.18 bits per heavy atom. The van der Waals surface area contributed by atoms with E-state index in [0.29, 0.717) is 6.04 Å². The molecule has 2 aromatic heterocycles. The van der Waals surface area contributed by atoms with Crippen LogP contribution in [0.2, 0.25) is 0 Å². The summed E-state index contributed by atoms with van der Waals surface area (Å²) in [6.07, 6.45) is 2.29. The SMILES string of the molecule is CCCNC(c1cccs1)c1sccc1CC. The van der Waals surface area contributed by atoms with Gasteiger partial charge in [-0.2, -0.15) is 0 Å². The predicted octanol–water partition coefficient (Wildman–Crippen LogP) is 4.46. The second-order valence-corrected chi connectivity index (χ2v) is 5.99. The molecule has 0 bridgehead atoms. The van der Waals surface area contributed by atoms with Gasteiger partial charge in [0, 0.05) is 9.75 Å². The number of nitrogens with one attached hydrogen (secondary N) is 1. The molecule has 1 nitrogen and oxygen atoms in total. The van der Waals surface area contributed by atoms with Gasteiger partial charge in [-0.15, -0.1) is 22.7 Å². The first-order valence-electron chi connectivity index (χ1n) is 6.19. The number of hydrogen-bond acceptors (Lipinski definition) is 3. The molecule has 2 rings (SSSR count). The average Bonchev–Trinajstić information content (AvgIpc) is 3.00. The van der Waals surface area contributed by atoms with Crippen molar-refractivity contribution in [3.63, 3.8) is 0 Å². The lowest BCUT2D eigenvalue weighted by atomic mass is 10.1. The molecular formula is C14H19NS2. The van der Waals surface area contributed by atoms with Gasteiger partial charge in [0.1, 0.15) is 0 Å². The number of thiophene rings is 2. The minimum Gasteiger partial charge on any atom is -0.305 e. The number of aryl methyl sites for hydroxylation is 1. The summed E-state index contributed by atoms with van der Waals surface area (Å²) in [4.78, 5) is 2.92. The van der Waals surface area contributed by atoms with Gasteiger partial charge in [-0.05, 0) is 47.8 Å². The van der Waals surface area contributed by atoms with Gasteiger partial charge in [-0.1, -0.05) is 19.9 Å². The average molecular weight is 265 g/mol. The maximum absolute atomic E-state index is 3.67. The highest BCUT2D eigenvalue weighted by Gasteiger charge is 2.18. The van der Waals surface area contributed by atoms with Gasteiger partial charge in [0.2, 0.25) is 0 Å². The Hall–Kier alpha value is -0.640. The fraction of sp³-hybridized carbons (Fsp3) is 0.429. The Morgan fingerprint density at radius 3 is 2.71 bits per heavy atom. The van der Waals surface area contributed by atoms with Crippen molar-refractivity contribution in [1.29, 1.82) is 0 Å². The third-order valence-corrected chi connectivity index (χ3v) is 4.81. The minimum atomic E-state index is 0.393. The van der Waals surface area contributed by atoms with Crippen molar-refractivity contribution in [2.75, 3.05) is 6.54 Å². The fourth-order valence-corrected chi connectivity index (χ4v) is 3.93. The Morgan fingerprint density at radius 2 is 2.06 bits per heavy atom. The lowest BCUT2D eigenvalue weighted by Crippen LogP contribution is -2.22. The van der Waals surface area contributed by atoms with E-state index >= 15 is 0 Å². The van der Waals surface area contributed by atoms with Crippen molar-refractivity contribution < 1.29 is 0 Å². The van der Waals surface area contributed by atoms with E-state index in [1.54, 1.807) is 0 Å². The molecule has 0 spiro atoms. The summed E-state index contributed by atoms with van der Waals surface area (Å²) in [5.41, 5.74) is 1.48. The standard InChI is InChI=1S/C14H19NS2/c1-3-8-15-13(12-6-5-9-16-12)14-11(4-2)7-10-17-14/h5-7,9-10,13,15H,3-4,8H2,1-2H3. The van der Waals surface area contributed by atoms with Crippen LogP contribution < -0.4 is 5.32 Å². The molecule has 0 saturated heterocycles. The van der Waals surface area contributed by atoms with Gasteiger partial charge in [0.15, 0.2) is 0 Å². The Kier molecular flexibility index (Phi) is 4.77. The van der Waals surface area contributed by atoms with Crippen LogP contribution >= 0.6 is 22.7 Å². The van der Waals surface area contributed by atoms with Crippen LogP contribution in [0.5, 0.6) is 0 Å². The first kappa shape index (κ1) is 12.8. The van der Waals surface area contributed by atoms with Crippen LogP contribution in [0, 0.1) is 0 Å². The van der Waals surface area contributed by atoms with Gasteiger partial charge >= 0.3 is 0 Å². The molecule has 17 heavy (non-hydrogen) atoms. The monoisotopic (exact) mass is 265 g/mol. The zero-order valence-electron chi connectivity index (χ0n) is 10.4. The van der Waals surface area contributed by atoms with E-state index in [0.717, 1.165) is 13.0 Å². The molecule has 3 heteroatoms. The second kappa shape index (κ2) is 6.34. The van der Waals surface area contributed by atoms with E-state index in [1.807, 2.05) is 22.7 Å². The lowest BCUT2D eigenvalue weighted by Gasteiger charge is -2.17. The van der Waals surface area contributed by atoms with Crippen molar-refractivity contribution >= 4 is 22.7 Å². The van der Waals surface area contributed by atoms with E-state index in [4.69, 9.17) is 0 Å². The molecule has 92 valence electrons. The zero-order chi connectivity index (χ0) is 12.1. The maximum atomic E-state index is 3.67. The molecule has 1 atom stereocenters. The van der Waals surface area contributed by atoms with Crippen LogP contribution in [-0.4, -0.2) is 6.54 Å². The molecular weight excluding hydrogens is 246 g/mol. The third-order valence-electron chi connectivity index (χ3n) is 2.85. The zero-order valence-corrected chi connectivity index (χ0v) is 12.0. The van der Waals surface area contributed by atoms with Crippen LogP contribution in [-0.2, 0) is 6.42 Å². The summed E-state index contributed by atoms with van der Waals surface area (Å²) in [5, 5.41) is 8.04. The topological polar surface area (TPSA) is 12.0 Å². The molecule has 0 aliphatic rings. The van der Waals surface area contributed by atoms with Crippen molar-refractivity contribution in [2.24, 2.45) is 0 Å². The normalized spacial score (nSPS) is 12.8. The van der Waals surface area contributed by atoms with Gasteiger partial charge in [-0.25, -0.2) is 0 Å². The smallest absolute Gasteiger partial charge is 0.0767 e. The summed E-state index contributed by atoms with van der Waals surface area (Å²) in [6.45, 7) is 5.52. The fourth-order valence-electron chi connectivity index (χ4n) is 1.96. The van der Waals surface area contributed by atoms with Crippen LogP contribution in [0.15, 0.2) is 29.0 Å². The molecule has 0 fully saturated rings. The van der Waals surface area contributed by atoms with Crippen LogP contribution in [0.4, 0.5) is 0 Å². The molecule has 2 heterocycles. The van der Waals surface area contributed by atoms with Crippen LogP contribution in [0.3, 0.4) is 0 Å². The largest absolute Gasteiger partial charge is 0.305 e. The summed E-state index contributed by atoms with van der Waals surface area (Å²) in [5.74, 6) is 0. The van der Waals surface area contributed by atoms with Gasteiger partial charge < -0.3 is 5.32 Å². The summed E-state index contributed by atoms with van der Waals surface area (Å²) in [7, 11) is 0. The molecule has 2 aromatic rings. The van der Waals surface area contributed by atoms with Crippen LogP contribution in [0.25, 0.3) is 0 Å². The summed E-state index contributed by atoms with van der Waals surface area (Å²) >= 11 is 3.72. The van der Waals surface area contributed by atoms with Crippen molar-refractivity contribution in [1.82, 2.24) is 5.32 Å². The van der Waals surface area contributed by atoms with Crippen molar-refractivity contribution in [3.05, 3.63) is 44.3 Å². The first-order chi connectivity index (χ1) is 8.36. The highest BCUT2D eigenvalue weighted by Crippen LogP contribution is 2.32. The van der Waals surface area contributed by atoms with E-state index in [9.17, 15) is 0 Å². The van der Waals surface area contributed by atoms with Gasteiger partial charge in [0.25, 0.3) is 0 Å². The van der Waals surface area contributed by atoms with Crippen molar-refractivity contribution in [2.45, 2.75) is 32.7 Å². The molecule has 1 unspecified atom stereocenters. The molecule has 0 radical (unpaired) electrons. The Labute approximate surface area is 112 Å². The molecule has 1 N–H and O–H groups in total. The highest BCUT2D eigenvalue weighted by atomic mass is 32.1. The summed E-state index contributed by atoms with van der Waals surface area (Å²) in [6, 6.07) is 7.02. The molecule has 0 aliphatic carbocycles. The van der Waals surface area contributed by atoms with Gasteiger partial charge in [-0.3, -0.25) is 0 Å². The molecule has 0 aliphatic heterocycles. The van der Waals surface area contributed by atoms with Crippen LogP contribution in [0.1, 0.15) is 41.6 Å². The predicted molar refractivity (Wildman–Crippen MR) is 78.2 cm³/mol. The van der Waals surface area contributed by atoms with E-state index in [-0.39, 0.29) is 0 Å². The Balaban J connectivity index is 2.27. The molecule has 0 amide bonds. The Bertz CT molecular complexity index is 431. The van der Waals surface area contributed by atoms with E-state index < -0.39 is 0 Å².